The van der Waals surface area contributed by atoms with Gasteiger partial charge in [0.25, 0.3) is 5.91 Å². The van der Waals surface area contributed by atoms with Crippen molar-refractivity contribution in [2.24, 2.45) is 0 Å². The Morgan fingerprint density at radius 1 is 1.17 bits per heavy atom. The van der Waals surface area contributed by atoms with Crippen LogP contribution in [-0.2, 0) is 0 Å². The van der Waals surface area contributed by atoms with E-state index in [0.717, 1.165) is 18.2 Å². The molecule has 0 aliphatic carbocycles. The summed E-state index contributed by atoms with van der Waals surface area (Å²) >= 11 is 0. The van der Waals surface area contributed by atoms with E-state index in [4.69, 9.17) is 5.11 Å². The van der Waals surface area contributed by atoms with E-state index in [1.165, 1.54) is 12.4 Å². The van der Waals surface area contributed by atoms with Crippen LogP contribution in [0.15, 0.2) is 49.1 Å². The third kappa shape index (κ3) is 3.09. The van der Waals surface area contributed by atoms with Crippen LogP contribution in [-0.4, -0.2) is 36.7 Å². The minimum atomic E-state index is -1.29. The number of aromatic nitrogens is 4. The topological polar surface area (TPSA) is 110 Å². The number of carboxylic acids is 1. The number of amides is 1. The molecule has 0 spiro atoms. The first-order chi connectivity index (χ1) is 11.5. The Hall–Kier alpha value is -3.62. The second-order valence-corrected chi connectivity index (χ2v) is 4.70. The molecule has 8 nitrogen and oxygen atoms in total. The smallest absolute Gasteiger partial charge is 0.337 e. The molecule has 120 valence electrons. The van der Waals surface area contributed by atoms with E-state index in [1.54, 1.807) is 23.0 Å². The Morgan fingerprint density at radius 2 is 2.00 bits per heavy atom. The molecule has 0 aliphatic rings. The number of hydrogen-bond donors (Lipinski definition) is 2. The number of hydrogen-bond acceptors (Lipinski definition) is 5. The first-order valence-corrected chi connectivity index (χ1v) is 6.71. The zero-order chi connectivity index (χ0) is 17.1. The van der Waals surface area contributed by atoms with Gasteiger partial charge in [-0.1, -0.05) is 0 Å². The van der Waals surface area contributed by atoms with Crippen LogP contribution >= 0.6 is 0 Å². The summed E-state index contributed by atoms with van der Waals surface area (Å²) in [4.78, 5) is 27.1. The number of rotatable bonds is 4. The fraction of sp³-hybridized carbons (Fsp3) is 0. The quantitative estimate of drug-likeness (QED) is 0.755. The van der Waals surface area contributed by atoms with Crippen molar-refractivity contribution in [3.05, 3.63) is 66.1 Å². The zero-order valence-electron chi connectivity index (χ0n) is 12.0. The summed E-state index contributed by atoms with van der Waals surface area (Å²) < 4.78 is 14.9. The Kier molecular flexibility index (Phi) is 3.98. The van der Waals surface area contributed by atoms with Crippen molar-refractivity contribution < 1.29 is 19.1 Å². The van der Waals surface area contributed by atoms with Crippen molar-refractivity contribution in [3.63, 3.8) is 0 Å². The highest BCUT2D eigenvalue weighted by atomic mass is 19.1. The van der Waals surface area contributed by atoms with Gasteiger partial charge in [-0.05, 0) is 30.3 Å². The molecule has 2 aromatic heterocycles. The van der Waals surface area contributed by atoms with Gasteiger partial charge in [0.2, 0.25) is 0 Å². The highest BCUT2D eigenvalue weighted by Crippen LogP contribution is 2.18. The highest BCUT2D eigenvalue weighted by Gasteiger charge is 2.15. The van der Waals surface area contributed by atoms with Crippen LogP contribution in [0.1, 0.15) is 20.8 Å². The van der Waals surface area contributed by atoms with Gasteiger partial charge in [-0.15, -0.1) is 10.2 Å². The number of imidazole rings is 1. The first kappa shape index (κ1) is 15.3. The number of nitrogens with zero attached hydrogens (tertiary/aromatic N) is 4. The molecular formula is C15H10FN5O3. The maximum Gasteiger partial charge on any atom is 0.337 e. The fourth-order valence-corrected chi connectivity index (χ4v) is 1.97. The molecule has 0 saturated heterocycles. The molecule has 0 saturated carbocycles. The number of aromatic carboxylic acids is 1. The fourth-order valence-electron chi connectivity index (χ4n) is 1.97. The predicted molar refractivity (Wildman–Crippen MR) is 80.5 cm³/mol. The van der Waals surface area contributed by atoms with Crippen molar-refractivity contribution in [1.82, 2.24) is 19.7 Å². The van der Waals surface area contributed by atoms with Gasteiger partial charge in [0.05, 0.1) is 11.3 Å². The number of carbonyl (C=O) groups is 2. The van der Waals surface area contributed by atoms with E-state index < -0.39 is 17.7 Å². The summed E-state index contributed by atoms with van der Waals surface area (Å²) in [6, 6.07) is 5.96. The second kappa shape index (κ2) is 6.24. The molecule has 0 unspecified atom stereocenters. The van der Waals surface area contributed by atoms with Gasteiger partial charge in [0, 0.05) is 12.4 Å². The summed E-state index contributed by atoms with van der Waals surface area (Å²) in [5, 5.41) is 19.1. The molecule has 24 heavy (non-hydrogen) atoms. The van der Waals surface area contributed by atoms with Crippen molar-refractivity contribution >= 4 is 17.6 Å². The lowest BCUT2D eigenvalue weighted by Gasteiger charge is -2.08. The van der Waals surface area contributed by atoms with E-state index in [1.807, 2.05) is 0 Å². The van der Waals surface area contributed by atoms with Gasteiger partial charge in [-0.2, -0.15) is 0 Å². The normalized spacial score (nSPS) is 10.4. The lowest BCUT2D eigenvalue weighted by Crippen LogP contribution is -2.17. The largest absolute Gasteiger partial charge is 0.478 e. The number of carbonyl (C=O) groups excluding carboxylic acids is 1. The van der Waals surface area contributed by atoms with E-state index in [-0.39, 0.29) is 16.9 Å². The summed E-state index contributed by atoms with van der Waals surface area (Å²) in [5.41, 5.74) is -0.430. The highest BCUT2D eigenvalue weighted by molar-refractivity contribution is 6.06. The Bertz CT molecular complexity index is 894. The van der Waals surface area contributed by atoms with Crippen LogP contribution in [0.25, 0.3) is 5.82 Å². The van der Waals surface area contributed by atoms with Crippen LogP contribution in [0.2, 0.25) is 0 Å². The summed E-state index contributed by atoms with van der Waals surface area (Å²) in [7, 11) is 0. The zero-order valence-corrected chi connectivity index (χ0v) is 12.0. The average Bonchev–Trinajstić information content (AvgIpc) is 3.09. The second-order valence-electron chi connectivity index (χ2n) is 4.70. The van der Waals surface area contributed by atoms with Crippen molar-refractivity contribution in [3.8, 4) is 5.82 Å². The minimum absolute atomic E-state index is 0.0422. The molecule has 0 atom stereocenters. The van der Waals surface area contributed by atoms with Gasteiger partial charge in [-0.3, -0.25) is 9.36 Å². The van der Waals surface area contributed by atoms with E-state index in [2.05, 4.69) is 20.5 Å². The lowest BCUT2D eigenvalue weighted by atomic mass is 10.1. The number of carboxylic acid groups (broad SMARTS) is 1. The third-order valence-corrected chi connectivity index (χ3v) is 3.11. The molecule has 0 radical (unpaired) electrons. The van der Waals surface area contributed by atoms with Gasteiger partial charge in [0.1, 0.15) is 12.1 Å². The Morgan fingerprint density at radius 3 is 2.62 bits per heavy atom. The maximum atomic E-state index is 13.3. The van der Waals surface area contributed by atoms with Gasteiger partial charge in [-0.25, -0.2) is 14.2 Å². The molecule has 3 rings (SSSR count). The number of benzene rings is 1. The number of nitrogens with one attached hydrogen (secondary N) is 1. The number of halogens is 1. The lowest BCUT2D eigenvalue weighted by molar-refractivity contribution is 0.0698. The predicted octanol–water partition coefficient (Wildman–Crippen LogP) is 1.75. The van der Waals surface area contributed by atoms with Gasteiger partial charge < -0.3 is 10.4 Å². The van der Waals surface area contributed by atoms with Gasteiger partial charge in [0.15, 0.2) is 11.5 Å². The molecule has 2 heterocycles. The molecule has 1 aromatic carbocycles. The minimum Gasteiger partial charge on any atom is -0.478 e. The summed E-state index contributed by atoms with van der Waals surface area (Å²) in [6.45, 7) is 0. The van der Waals surface area contributed by atoms with Crippen LogP contribution in [0.5, 0.6) is 0 Å². The van der Waals surface area contributed by atoms with Gasteiger partial charge >= 0.3 is 5.97 Å². The maximum absolute atomic E-state index is 13.3. The van der Waals surface area contributed by atoms with Crippen LogP contribution in [0.4, 0.5) is 10.1 Å². The number of anilines is 1. The van der Waals surface area contributed by atoms with E-state index >= 15 is 0 Å². The molecule has 3 aromatic rings. The molecular weight excluding hydrogens is 317 g/mol. The molecule has 1 amide bonds. The van der Waals surface area contributed by atoms with E-state index in [9.17, 15) is 14.0 Å². The Labute approximate surface area is 134 Å². The molecule has 0 fully saturated rings. The third-order valence-electron chi connectivity index (χ3n) is 3.11. The standard InChI is InChI=1S/C15H10FN5O3/c16-9-1-2-10(15(23)24)12(7-9)18-14(22)11-3-4-13(20-19-11)21-6-5-17-8-21/h1-8H,(H,18,22)(H,23,24). The van der Waals surface area contributed by atoms with Crippen molar-refractivity contribution in [1.29, 1.82) is 0 Å². The van der Waals surface area contributed by atoms with Crippen LogP contribution < -0.4 is 5.32 Å². The first-order valence-electron chi connectivity index (χ1n) is 6.71. The summed E-state index contributed by atoms with van der Waals surface area (Å²) in [5.74, 6) is -2.20. The monoisotopic (exact) mass is 327 g/mol. The summed E-state index contributed by atoms with van der Waals surface area (Å²) in [6.07, 6.45) is 4.75. The molecule has 2 N–H and O–H groups in total. The molecule has 0 aliphatic heterocycles. The van der Waals surface area contributed by atoms with Crippen molar-refractivity contribution in [2.75, 3.05) is 5.32 Å². The molecule has 9 heteroatoms. The van der Waals surface area contributed by atoms with Crippen LogP contribution in [0.3, 0.4) is 0 Å². The molecule has 0 bridgehead atoms. The Balaban J connectivity index is 1.83. The van der Waals surface area contributed by atoms with Crippen molar-refractivity contribution in [2.45, 2.75) is 0 Å². The average molecular weight is 327 g/mol. The van der Waals surface area contributed by atoms with E-state index in [0.29, 0.717) is 5.82 Å². The van der Waals surface area contributed by atoms with Crippen LogP contribution in [0, 0.1) is 5.82 Å². The SMILES string of the molecule is O=C(Nc1cc(F)ccc1C(=O)O)c1ccc(-n2ccnc2)nn1.